The summed E-state index contributed by atoms with van der Waals surface area (Å²) in [4.78, 5) is 29.7. The quantitative estimate of drug-likeness (QED) is 0.0963. The Balaban J connectivity index is 1.15. The Hall–Kier alpha value is -5.37. The zero-order chi connectivity index (χ0) is 38.9. The molecule has 4 aromatic carbocycles. The summed E-state index contributed by atoms with van der Waals surface area (Å²) >= 11 is 0. The topological polar surface area (TPSA) is 128 Å². The van der Waals surface area contributed by atoms with Crippen molar-refractivity contribution in [1.82, 2.24) is 15.0 Å². The first-order valence-electron chi connectivity index (χ1n) is 18.4. The van der Waals surface area contributed by atoms with Gasteiger partial charge in [0.1, 0.15) is 11.5 Å². The van der Waals surface area contributed by atoms with Gasteiger partial charge in [0.15, 0.2) is 5.60 Å². The lowest BCUT2D eigenvalue weighted by atomic mass is 9.82. The van der Waals surface area contributed by atoms with Crippen molar-refractivity contribution in [2.24, 2.45) is 5.92 Å². The molecular formula is C42H46FN5O6Si. The average Bonchev–Trinajstić information content (AvgIpc) is 3.84. The van der Waals surface area contributed by atoms with Gasteiger partial charge in [0, 0.05) is 41.0 Å². The van der Waals surface area contributed by atoms with E-state index in [0.29, 0.717) is 52.7 Å². The van der Waals surface area contributed by atoms with Crippen molar-refractivity contribution in [3.63, 3.8) is 0 Å². The second kappa shape index (κ2) is 15.4. The van der Waals surface area contributed by atoms with E-state index < -0.39 is 31.6 Å². The number of amides is 2. The van der Waals surface area contributed by atoms with Crippen molar-refractivity contribution in [3.05, 3.63) is 131 Å². The number of aliphatic hydroxyl groups is 1. The Morgan fingerprint density at radius 2 is 1.73 bits per heavy atom. The fourth-order valence-corrected chi connectivity index (χ4v) is 10.9. The summed E-state index contributed by atoms with van der Waals surface area (Å²) in [6.45, 7) is 5.74. The minimum Gasteiger partial charge on any atom is -0.497 e. The SMILES string of the molecule is COc1ccc(C(=O)Nc2cccc(CN3C(=O)[C@]4(O[C@H](CCn5cc(C(CO)c6ccccc6)nn5)[C@@H]([Si](C)(C)F)[C@@H]4C)c4cc(OC)ccc43)c2)cc1. The number of hydrogen-bond acceptors (Lipinski definition) is 8. The van der Waals surface area contributed by atoms with Crippen LogP contribution in [0.4, 0.5) is 15.5 Å². The maximum atomic E-state index is 16.5. The van der Waals surface area contributed by atoms with Crippen molar-refractivity contribution in [3.8, 4) is 11.5 Å². The summed E-state index contributed by atoms with van der Waals surface area (Å²) in [6.07, 6.45) is 1.62. The van der Waals surface area contributed by atoms with Crippen molar-refractivity contribution < 1.29 is 33.0 Å². The molecule has 2 aliphatic rings. The lowest BCUT2D eigenvalue weighted by Crippen LogP contribution is -2.45. The molecule has 7 rings (SSSR count). The third kappa shape index (κ3) is 7.27. The summed E-state index contributed by atoms with van der Waals surface area (Å²) in [6, 6.07) is 29.4. The summed E-state index contributed by atoms with van der Waals surface area (Å²) in [5.74, 6) is -0.145. The van der Waals surface area contributed by atoms with E-state index in [1.807, 2.05) is 79.9 Å². The number of anilines is 2. The molecule has 1 aromatic heterocycles. The van der Waals surface area contributed by atoms with Gasteiger partial charge >= 0.3 is 0 Å². The van der Waals surface area contributed by atoms with Gasteiger partial charge in [-0.1, -0.05) is 54.6 Å². The summed E-state index contributed by atoms with van der Waals surface area (Å²) < 4.78 is 36.0. The normalized spacial score (nSPS) is 21.1. The molecule has 2 aliphatic heterocycles. The van der Waals surface area contributed by atoms with E-state index in [1.54, 1.807) is 67.2 Å². The zero-order valence-corrected chi connectivity index (χ0v) is 32.6. The highest BCUT2D eigenvalue weighted by molar-refractivity contribution is 6.72. The molecule has 1 spiro atoms. The van der Waals surface area contributed by atoms with Crippen LogP contribution >= 0.6 is 0 Å². The number of halogens is 1. The van der Waals surface area contributed by atoms with E-state index in [9.17, 15) is 14.7 Å². The molecule has 5 aromatic rings. The number of methoxy groups -OCH3 is 2. The lowest BCUT2D eigenvalue weighted by Gasteiger charge is -2.31. The number of aryl methyl sites for hydroxylation is 1. The zero-order valence-electron chi connectivity index (χ0n) is 31.6. The fraction of sp³-hybridized carbons (Fsp3) is 0.333. The number of carbonyl (C=O) groups is 2. The molecule has 1 saturated heterocycles. The second-order valence-corrected chi connectivity index (χ2v) is 18.6. The van der Waals surface area contributed by atoms with Crippen LogP contribution < -0.4 is 19.7 Å². The van der Waals surface area contributed by atoms with Gasteiger partial charge < -0.3 is 33.6 Å². The monoisotopic (exact) mass is 763 g/mol. The van der Waals surface area contributed by atoms with E-state index in [0.717, 1.165) is 11.1 Å². The number of nitrogens with one attached hydrogen (secondary N) is 1. The Bertz CT molecular complexity index is 2160. The highest BCUT2D eigenvalue weighted by atomic mass is 28.4. The minimum atomic E-state index is -3.42. The molecule has 0 bridgehead atoms. The van der Waals surface area contributed by atoms with Crippen molar-refractivity contribution >= 4 is 31.6 Å². The number of aliphatic hydroxyl groups excluding tert-OH is 1. The molecule has 2 N–H and O–H groups in total. The number of benzene rings is 4. The van der Waals surface area contributed by atoms with Crippen LogP contribution in [0.3, 0.4) is 0 Å². The average molecular weight is 764 g/mol. The number of carbonyl (C=O) groups excluding carboxylic acids is 2. The summed E-state index contributed by atoms with van der Waals surface area (Å²) in [5.41, 5.74) is 2.77. The third-order valence-corrected chi connectivity index (χ3v) is 13.4. The Morgan fingerprint density at radius 1 is 1.00 bits per heavy atom. The van der Waals surface area contributed by atoms with Gasteiger partial charge in [-0.05, 0) is 85.2 Å². The molecule has 3 heterocycles. The van der Waals surface area contributed by atoms with Crippen LogP contribution in [0.15, 0.2) is 103 Å². The smallest absolute Gasteiger partial charge is 0.264 e. The molecule has 5 atom stereocenters. The maximum absolute atomic E-state index is 16.5. The largest absolute Gasteiger partial charge is 0.497 e. The van der Waals surface area contributed by atoms with Gasteiger partial charge in [-0.3, -0.25) is 14.3 Å². The molecule has 2 amide bonds. The van der Waals surface area contributed by atoms with E-state index >= 15 is 4.11 Å². The molecule has 13 heteroatoms. The van der Waals surface area contributed by atoms with Crippen LogP contribution in [0.1, 0.15) is 52.0 Å². The van der Waals surface area contributed by atoms with Crippen LogP contribution in [-0.4, -0.2) is 67.3 Å². The van der Waals surface area contributed by atoms with Crippen LogP contribution in [0.25, 0.3) is 0 Å². The van der Waals surface area contributed by atoms with Crippen LogP contribution in [0.2, 0.25) is 18.6 Å². The van der Waals surface area contributed by atoms with Crippen LogP contribution in [-0.2, 0) is 28.2 Å². The molecular weight excluding hydrogens is 718 g/mol. The van der Waals surface area contributed by atoms with Gasteiger partial charge in [-0.15, -0.1) is 5.10 Å². The van der Waals surface area contributed by atoms with Gasteiger partial charge in [0.25, 0.3) is 11.8 Å². The first kappa shape index (κ1) is 37.9. The van der Waals surface area contributed by atoms with Crippen LogP contribution in [0, 0.1) is 5.92 Å². The van der Waals surface area contributed by atoms with E-state index in [1.165, 1.54) is 0 Å². The molecule has 1 unspecified atom stereocenters. The molecule has 55 heavy (non-hydrogen) atoms. The molecule has 11 nitrogen and oxygen atoms in total. The Morgan fingerprint density at radius 3 is 2.42 bits per heavy atom. The highest BCUT2D eigenvalue weighted by Gasteiger charge is 2.66. The number of rotatable bonds is 13. The Kier molecular flexibility index (Phi) is 10.6. The van der Waals surface area contributed by atoms with E-state index in [2.05, 4.69) is 15.6 Å². The minimum absolute atomic E-state index is 0.123. The fourth-order valence-electron chi connectivity index (χ4n) is 8.35. The van der Waals surface area contributed by atoms with Gasteiger partial charge in [0.05, 0.1) is 50.8 Å². The van der Waals surface area contributed by atoms with Gasteiger partial charge in [0.2, 0.25) is 8.41 Å². The van der Waals surface area contributed by atoms with Crippen LogP contribution in [0.5, 0.6) is 11.5 Å². The van der Waals surface area contributed by atoms with Crippen molar-refractivity contribution in [1.29, 1.82) is 0 Å². The lowest BCUT2D eigenvalue weighted by molar-refractivity contribution is -0.146. The number of ether oxygens (including phenoxy) is 3. The number of aromatic nitrogens is 3. The number of nitrogens with zero attached hydrogens (tertiary/aromatic N) is 4. The summed E-state index contributed by atoms with van der Waals surface area (Å²) in [7, 11) is -0.282. The second-order valence-electron chi connectivity index (χ2n) is 14.8. The van der Waals surface area contributed by atoms with Gasteiger partial charge in [-0.25, -0.2) is 0 Å². The summed E-state index contributed by atoms with van der Waals surface area (Å²) in [5, 5.41) is 21.8. The van der Waals surface area contributed by atoms with E-state index in [-0.39, 0.29) is 30.9 Å². The van der Waals surface area contributed by atoms with Crippen molar-refractivity contribution in [2.45, 2.75) is 62.7 Å². The Labute approximate surface area is 321 Å². The van der Waals surface area contributed by atoms with Gasteiger partial charge in [-0.2, -0.15) is 0 Å². The molecule has 286 valence electrons. The predicted octanol–water partition coefficient (Wildman–Crippen LogP) is 7.08. The predicted molar refractivity (Wildman–Crippen MR) is 210 cm³/mol. The molecule has 1 fully saturated rings. The first-order chi connectivity index (χ1) is 26.5. The molecule has 0 aliphatic carbocycles. The number of fused-ring (bicyclic) bond motifs is 2. The molecule has 0 saturated carbocycles. The van der Waals surface area contributed by atoms with E-state index in [4.69, 9.17) is 14.2 Å². The first-order valence-corrected chi connectivity index (χ1v) is 21.4. The maximum Gasteiger partial charge on any atom is 0.264 e. The standard InChI is InChI=1S/C42H46FN5O6Si/c1-27-39(55(4,5)43)38(20-21-47-25-36(45-46-47)34(26-49)29-11-7-6-8-12-29)54-42(27)35-23-33(53-3)18-19-37(35)48(41(42)51)24-28-10-9-13-31(22-28)44-40(50)30-14-16-32(52-2)17-15-30/h6-19,22-23,25,27,34,38-39,49H,20-21,24,26H2,1-5H3,(H,44,50)/t27-,34?,38+,39-,42+/m0/s1. The highest BCUT2D eigenvalue weighted by Crippen LogP contribution is 2.60. The van der Waals surface area contributed by atoms with Crippen molar-refractivity contribution in [2.75, 3.05) is 31.0 Å². The third-order valence-electron chi connectivity index (χ3n) is 11.0. The number of hydrogen-bond donors (Lipinski definition) is 2. The molecule has 0 radical (unpaired) electrons.